The Balaban J connectivity index is 1.29. The molecule has 8 aromatic rings. The van der Waals surface area contributed by atoms with Gasteiger partial charge in [-0.1, -0.05) is 119 Å². The second kappa shape index (κ2) is 13.2. The summed E-state index contributed by atoms with van der Waals surface area (Å²) < 4.78 is 4.56. The Bertz CT molecular complexity index is 2700. The summed E-state index contributed by atoms with van der Waals surface area (Å²) >= 11 is 0. The van der Waals surface area contributed by atoms with Gasteiger partial charge in [-0.25, -0.2) is 0 Å². The van der Waals surface area contributed by atoms with E-state index in [1.54, 1.807) is 0 Å². The molecular formula is C54H54N4. The number of nitrogens with zero attached hydrogens (tertiary/aromatic N) is 4. The fourth-order valence-corrected chi connectivity index (χ4v) is 8.47. The van der Waals surface area contributed by atoms with Crippen LogP contribution in [0.15, 0.2) is 109 Å². The molecule has 58 heavy (non-hydrogen) atoms. The van der Waals surface area contributed by atoms with E-state index in [0.29, 0.717) is 11.1 Å². The normalized spacial score (nSPS) is 12.8. The maximum Gasteiger partial charge on any atom is 0.0998 e. The molecule has 0 atom stereocenters. The van der Waals surface area contributed by atoms with E-state index in [4.69, 9.17) is 0 Å². The van der Waals surface area contributed by atoms with Crippen LogP contribution in [0.3, 0.4) is 0 Å². The highest BCUT2D eigenvalue weighted by Gasteiger charge is 2.24. The van der Waals surface area contributed by atoms with Gasteiger partial charge in [0, 0.05) is 44.0 Å². The number of hydrogen-bond donors (Lipinski definition) is 0. The minimum Gasteiger partial charge on any atom is -0.309 e. The fraction of sp³-hybridized carbons (Fsp3) is 0.296. The van der Waals surface area contributed by atoms with Gasteiger partial charge in [-0.05, 0) is 117 Å². The lowest BCUT2D eigenvalue weighted by Crippen LogP contribution is -2.10. The molecule has 0 spiro atoms. The zero-order valence-corrected chi connectivity index (χ0v) is 36.2. The van der Waals surface area contributed by atoms with Gasteiger partial charge in [-0.15, -0.1) is 0 Å². The lowest BCUT2D eigenvalue weighted by Gasteiger charge is -2.19. The molecule has 0 radical (unpaired) electrons. The van der Waals surface area contributed by atoms with Gasteiger partial charge >= 0.3 is 0 Å². The number of hydrogen-bond acceptors (Lipinski definition) is 2. The Morgan fingerprint density at radius 3 is 0.828 bits per heavy atom. The van der Waals surface area contributed by atoms with Crippen LogP contribution in [0.4, 0.5) is 0 Å². The highest BCUT2D eigenvalue weighted by Crippen LogP contribution is 2.41. The Labute approximate surface area is 344 Å². The van der Waals surface area contributed by atoms with Gasteiger partial charge in [0.1, 0.15) is 0 Å². The van der Waals surface area contributed by atoms with Gasteiger partial charge in [-0.3, -0.25) is 0 Å². The molecule has 290 valence electrons. The standard InChI is InChI=1S/C54H54N4/c1-51(2,3)35-13-21-47-43(27-35)44-28-36(52(4,5)6)14-22-48(44)57(47)39-17-19-41(33(25-39)31-55)42-20-18-40(26-34(42)32-56)58-49-23-15-37(53(7,8)9)29-45(49)46-30-38(54(10,11)12)16-24-50(46)58/h13-30H,1-12H3. The van der Waals surface area contributed by atoms with Crippen LogP contribution >= 0.6 is 0 Å². The average Bonchev–Trinajstić information content (AvgIpc) is 3.67. The van der Waals surface area contributed by atoms with E-state index in [2.05, 4.69) is 189 Å². The Kier molecular flexibility index (Phi) is 8.84. The van der Waals surface area contributed by atoms with Crippen LogP contribution in [0.1, 0.15) is 116 Å². The molecule has 4 nitrogen and oxygen atoms in total. The average molecular weight is 759 g/mol. The first-order valence-corrected chi connectivity index (χ1v) is 20.5. The molecule has 0 unspecified atom stereocenters. The Morgan fingerprint density at radius 1 is 0.345 bits per heavy atom. The summed E-state index contributed by atoms with van der Waals surface area (Å²) in [4.78, 5) is 0. The summed E-state index contributed by atoms with van der Waals surface area (Å²) in [6.45, 7) is 27.0. The van der Waals surface area contributed by atoms with Crippen LogP contribution in [0.2, 0.25) is 0 Å². The van der Waals surface area contributed by atoms with E-state index < -0.39 is 0 Å². The smallest absolute Gasteiger partial charge is 0.0998 e. The van der Waals surface area contributed by atoms with Crippen molar-refractivity contribution >= 4 is 43.6 Å². The lowest BCUT2D eigenvalue weighted by atomic mass is 9.85. The molecule has 8 rings (SSSR count). The molecule has 2 aromatic heterocycles. The zero-order valence-electron chi connectivity index (χ0n) is 36.2. The first-order chi connectivity index (χ1) is 27.2. The number of aromatic nitrogens is 2. The first kappa shape index (κ1) is 38.8. The van der Waals surface area contributed by atoms with Gasteiger partial charge in [0.05, 0.1) is 45.3 Å². The summed E-state index contributed by atoms with van der Waals surface area (Å²) in [7, 11) is 0. The summed E-state index contributed by atoms with van der Waals surface area (Å²) in [5.41, 5.74) is 13.9. The fourth-order valence-electron chi connectivity index (χ4n) is 8.47. The molecule has 0 fully saturated rings. The predicted octanol–water partition coefficient (Wildman–Crippen LogP) is 14.5. The number of fused-ring (bicyclic) bond motifs is 6. The van der Waals surface area contributed by atoms with E-state index >= 15 is 0 Å². The third-order valence-corrected chi connectivity index (χ3v) is 12.0. The van der Waals surface area contributed by atoms with Crippen molar-refractivity contribution in [3.8, 4) is 34.6 Å². The quantitative estimate of drug-likeness (QED) is 0.180. The number of nitriles is 2. The van der Waals surface area contributed by atoms with Gasteiger partial charge < -0.3 is 9.13 Å². The molecular weight excluding hydrogens is 705 g/mol. The van der Waals surface area contributed by atoms with Crippen molar-refractivity contribution in [3.63, 3.8) is 0 Å². The van der Waals surface area contributed by atoms with E-state index in [9.17, 15) is 10.5 Å². The summed E-state index contributed by atoms with van der Waals surface area (Å²) in [5.74, 6) is 0. The molecule has 0 saturated carbocycles. The second-order valence-electron chi connectivity index (χ2n) is 20.3. The predicted molar refractivity (Wildman–Crippen MR) is 245 cm³/mol. The maximum absolute atomic E-state index is 10.7. The minimum absolute atomic E-state index is 0.000991. The monoisotopic (exact) mass is 758 g/mol. The number of rotatable bonds is 3. The first-order valence-electron chi connectivity index (χ1n) is 20.5. The minimum atomic E-state index is 0.000991. The summed E-state index contributed by atoms with van der Waals surface area (Å²) in [5, 5.41) is 26.2. The molecule has 0 aliphatic rings. The molecule has 0 N–H and O–H groups in total. The Morgan fingerprint density at radius 2 is 0.603 bits per heavy atom. The highest BCUT2D eigenvalue weighted by molar-refractivity contribution is 6.11. The van der Waals surface area contributed by atoms with E-state index in [-0.39, 0.29) is 21.7 Å². The van der Waals surface area contributed by atoms with Crippen molar-refractivity contribution in [2.24, 2.45) is 0 Å². The van der Waals surface area contributed by atoms with Crippen molar-refractivity contribution in [1.82, 2.24) is 9.13 Å². The van der Waals surface area contributed by atoms with Gasteiger partial charge in [-0.2, -0.15) is 10.5 Å². The largest absolute Gasteiger partial charge is 0.309 e. The SMILES string of the molecule is CC(C)(C)c1ccc2c(c1)c1cc(C(C)(C)C)ccc1n2-c1ccc(-c2ccc(-n3c4ccc(C(C)(C)C)cc4c4cc(C(C)(C)C)ccc43)cc2C#N)c(C#N)c1. The van der Waals surface area contributed by atoms with E-state index in [0.717, 1.165) is 44.6 Å². The van der Waals surface area contributed by atoms with Crippen molar-refractivity contribution < 1.29 is 0 Å². The van der Waals surface area contributed by atoms with E-state index in [1.807, 2.05) is 24.3 Å². The summed E-state index contributed by atoms with van der Waals surface area (Å²) in [6.07, 6.45) is 0. The van der Waals surface area contributed by atoms with Crippen LogP contribution in [0.5, 0.6) is 0 Å². The zero-order chi connectivity index (χ0) is 41.7. The van der Waals surface area contributed by atoms with Crippen LogP contribution < -0.4 is 0 Å². The van der Waals surface area contributed by atoms with Crippen LogP contribution in [-0.2, 0) is 21.7 Å². The molecule has 6 aromatic carbocycles. The van der Waals surface area contributed by atoms with Crippen molar-refractivity contribution in [2.45, 2.75) is 105 Å². The van der Waals surface area contributed by atoms with Crippen LogP contribution in [-0.4, -0.2) is 9.13 Å². The van der Waals surface area contributed by atoms with Crippen molar-refractivity contribution in [2.75, 3.05) is 0 Å². The molecule has 4 heteroatoms. The molecule has 0 saturated heterocycles. The van der Waals surface area contributed by atoms with Gasteiger partial charge in [0.15, 0.2) is 0 Å². The Hall–Kier alpha value is -6.10. The van der Waals surface area contributed by atoms with Crippen LogP contribution in [0.25, 0.3) is 66.1 Å². The van der Waals surface area contributed by atoms with Crippen molar-refractivity contribution in [3.05, 3.63) is 143 Å². The maximum atomic E-state index is 10.7. The van der Waals surface area contributed by atoms with E-state index in [1.165, 1.54) is 43.8 Å². The lowest BCUT2D eigenvalue weighted by molar-refractivity contribution is 0.590. The molecule has 0 aliphatic carbocycles. The molecule has 0 amide bonds. The van der Waals surface area contributed by atoms with Crippen molar-refractivity contribution in [1.29, 1.82) is 10.5 Å². The van der Waals surface area contributed by atoms with Gasteiger partial charge in [0.25, 0.3) is 0 Å². The topological polar surface area (TPSA) is 57.4 Å². The van der Waals surface area contributed by atoms with Crippen LogP contribution in [0, 0.1) is 22.7 Å². The highest BCUT2D eigenvalue weighted by atomic mass is 15.0. The molecule has 0 bridgehead atoms. The summed E-state index contributed by atoms with van der Waals surface area (Å²) in [6, 6.07) is 44.3. The molecule has 2 heterocycles. The van der Waals surface area contributed by atoms with Gasteiger partial charge in [0.2, 0.25) is 0 Å². The third kappa shape index (κ3) is 6.46. The number of benzene rings is 6. The third-order valence-electron chi connectivity index (χ3n) is 12.0. The second-order valence-corrected chi connectivity index (χ2v) is 20.3. The molecule has 0 aliphatic heterocycles.